The maximum Gasteiger partial charge on any atom is 0.416 e. The van der Waals surface area contributed by atoms with Gasteiger partial charge in [-0.15, -0.1) is 0 Å². The first-order valence-electron chi connectivity index (χ1n) is 5.18. The van der Waals surface area contributed by atoms with Crippen molar-refractivity contribution in [3.63, 3.8) is 0 Å². The molecule has 7 heteroatoms. The summed E-state index contributed by atoms with van der Waals surface area (Å²) in [7, 11) is 0. The normalized spacial score (nSPS) is 11.8. The van der Waals surface area contributed by atoms with Crippen LogP contribution in [-0.2, 0) is 12.9 Å². The number of nitrogens with two attached hydrogens (primary N) is 1. The van der Waals surface area contributed by atoms with Crippen molar-refractivity contribution in [3.05, 3.63) is 35.6 Å². The Kier molecular flexibility index (Phi) is 3.13. The highest BCUT2D eigenvalue weighted by atomic mass is 19.4. The molecular weight excluding hydrogens is 266 g/mol. The number of furan rings is 1. The number of anilines is 1. The van der Waals surface area contributed by atoms with Crippen molar-refractivity contribution in [1.29, 1.82) is 0 Å². The lowest BCUT2D eigenvalue weighted by Crippen LogP contribution is -2.04. The van der Waals surface area contributed by atoms with Crippen LogP contribution in [0.5, 0.6) is 5.75 Å². The van der Waals surface area contributed by atoms with E-state index in [1.54, 1.807) is 0 Å². The average molecular weight is 275 g/mol. The van der Waals surface area contributed by atoms with Crippen molar-refractivity contribution in [2.24, 2.45) is 0 Å². The van der Waals surface area contributed by atoms with Gasteiger partial charge in [0, 0.05) is 0 Å². The van der Waals surface area contributed by atoms with Crippen LogP contribution < -0.4 is 5.73 Å². The zero-order valence-corrected chi connectivity index (χ0v) is 9.46. The number of alkyl halides is 4. The molecule has 3 nitrogen and oxygen atoms in total. The van der Waals surface area contributed by atoms with Gasteiger partial charge in [-0.05, 0) is 17.7 Å². The van der Waals surface area contributed by atoms with Gasteiger partial charge in [0.25, 0.3) is 0 Å². The molecule has 0 fully saturated rings. The number of nitrogen functional groups attached to an aromatic ring is 1. The summed E-state index contributed by atoms with van der Waals surface area (Å²) in [4.78, 5) is 0. The van der Waals surface area contributed by atoms with Crippen molar-refractivity contribution in [2.45, 2.75) is 12.9 Å². The van der Waals surface area contributed by atoms with Crippen LogP contribution in [0.3, 0.4) is 0 Å². The van der Waals surface area contributed by atoms with Gasteiger partial charge >= 0.3 is 6.18 Å². The van der Waals surface area contributed by atoms with Gasteiger partial charge in [-0.2, -0.15) is 13.2 Å². The molecule has 3 N–H and O–H groups in total. The minimum Gasteiger partial charge on any atom is -0.504 e. The molecule has 0 aliphatic carbocycles. The predicted octanol–water partition coefficient (Wildman–Crippen LogP) is 3.72. The van der Waals surface area contributed by atoms with E-state index in [1.165, 1.54) is 12.1 Å². The number of rotatable bonds is 2. The van der Waals surface area contributed by atoms with Crippen molar-refractivity contribution < 1.29 is 27.1 Å². The first-order valence-corrected chi connectivity index (χ1v) is 5.18. The lowest BCUT2D eigenvalue weighted by Gasteiger charge is -2.08. The SMILES string of the molecule is Nc1oc(CF)c(O)c1-c1cccc(C(F)(F)F)c1. The number of benzene rings is 1. The fourth-order valence-corrected chi connectivity index (χ4v) is 1.71. The second-order valence-corrected chi connectivity index (χ2v) is 3.83. The molecule has 2 aromatic rings. The molecule has 0 atom stereocenters. The van der Waals surface area contributed by atoms with Crippen LogP contribution in [0, 0.1) is 0 Å². The van der Waals surface area contributed by atoms with E-state index in [0.717, 1.165) is 12.1 Å². The molecule has 0 radical (unpaired) electrons. The predicted molar refractivity (Wildman–Crippen MR) is 60.0 cm³/mol. The molecule has 1 aromatic carbocycles. The van der Waals surface area contributed by atoms with Crippen molar-refractivity contribution in [2.75, 3.05) is 5.73 Å². The third-order valence-electron chi connectivity index (χ3n) is 2.58. The molecule has 0 aliphatic heterocycles. The summed E-state index contributed by atoms with van der Waals surface area (Å²) >= 11 is 0. The number of hydrogen-bond acceptors (Lipinski definition) is 3. The van der Waals surface area contributed by atoms with Crippen LogP contribution in [0.2, 0.25) is 0 Å². The first kappa shape index (κ1) is 13.3. The molecule has 0 amide bonds. The molecule has 0 spiro atoms. The van der Waals surface area contributed by atoms with Crippen LogP contribution in [0.15, 0.2) is 28.7 Å². The van der Waals surface area contributed by atoms with E-state index in [-0.39, 0.29) is 17.0 Å². The molecule has 1 aromatic heterocycles. The fraction of sp³-hybridized carbons (Fsp3) is 0.167. The minimum atomic E-state index is -4.52. The Morgan fingerprint density at radius 3 is 2.47 bits per heavy atom. The molecule has 2 rings (SSSR count). The van der Waals surface area contributed by atoms with E-state index < -0.39 is 29.9 Å². The standard InChI is InChI=1S/C12H9F4NO2/c13-5-8-10(18)9(11(17)19-8)6-2-1-3-7(4-6)12(14,15)16/h1-4,18H,5,17H2. The summed E-state index contributed by atoms with van der Waals surface area (Å²) < 4.78 is 55.0. The van der Waals surface area contributed by atoms with Gasteiger partial charge in [0.1, 0.15) is 0 Å². The Labute approximate surface area is 105 Å². The van der Waals surface area contributed by atoms with E-state index >= 15 is 0 Å². The first-order chi connectivity index (χ1) is 8.84. The van der Waals surface area contributed by atoms with Crippen molar-refractivity contribution in [1.82, 2.24) is 0 Å². The number of aromatic hydroxyl groups is 1. The third kappa shape index (κ3) is 2.35. The Hall–Kier alpha value is -2.18. The lowest BCUT2D eigenvalue weighted by molar-refractivity contribution is -0.137. The highest BCUT2D eigenvalue weighted by Crippen LogP contribution is 2.42. The topological polar surface area (TPSA) is 59.4 Å². The zero-order chi connectivity index (χ0) is 14.2. The van der Waals surface area contributed by atoms with Gasteiger partial charge in [0.05, 0.1) is 11.1 Å². The fourth-order valence-electron chi connectivity index (χ4n) is 1.71. The van der Waals surface area contributed by atoms with Crippen LogP contribution in [0.1, 0.15) is 11.3 Å². The second-order valence-electron chi connectivity index (χ2n) is 3.83. The Morgan fingerprint density at radius 2 is 1.95 bits per heavy atom. The summed E-state index contributed by atoms with van der Waals surface area (Å²) in [5, 5.41) is 9.66. The van der Waals surface area contributed by atoms with Gasteiger partial charge in [-0.1, -0.05) is 12.1 Å². The quantitative estimate of drug-likeness (QED) is 0.821. The van der Waals surface area contributed by atoms with E-state index in [2.05, 4.69) is 0 Å². The largest absolute Gasteiger partial charge is 0.504 e. The summed E-state index contributed by atoms with van der Waals surface area (Å²) in [6.07, 6.45) is -4.52. The maximum atomic E-state index is 12.6. The van der Waals surface area contributed by atoms with E-state index in [0.29, 0.717) is 0 Å². The molecule has 1 heterocycles. The lowest BCUT2D eigenvalue weighted by atomic mass is 10.0. The third-order valence-corrected chi connectivity index (χ3v) is 2.58. The van der Waals surface area contributed by atoms with Gasteiger partial charge < -0.3 is 15.3 Å². The molecule has 0 aliphatic rings. The van der Waals surface area contributed by atoms with Crippen LogP contribution >= 0.6 is 0 Å². The van der Waals surface area contributed by atoms with Crippen LogP contribution in [0.25, 0.3) is 11.1 Å². The minimum absolute atomic E-state index is 0.00766. The van der Waals surface area contributed by atoms with E-state index in [9.17, 15) is 22.7 Å². The molecule has 19 heavy (non-hydrogen) atoms. The molecule has 0 saturated carbocycles. The summed E-state index contributed by atoms with van der Waals surface area (Å²) in [6, 6.07) is 4.17. The maximum absolute atomic E-state index is 12.6. The number of hydrogen-bond donors (Lipinski definition) is 2. The second kappa shape index (κ2) is 4.49. The van der Waals surface area contributed by atoms with Crippen LogP contribution in [-0.4, -0.2) is 5.11 Å². The van der Waals surface area contributed by atoms with Gasteiger partial charge in [-0.3, -0.25) is 0 Å². The Bertz CT molecular complexity index is 604. The molecule has 102 valence electrons. The zero-order valence-electron chi connectivity index (χ0n) is 9.46. The van der Waals surface area contributed by atoms with Gasteiger partial charge in [0.2, 0.25) is 5.88 Å². The summed E-state index contributed by atoms with van der Waals surface area (Å²) in [5.74, 6) is -1.33. The highest BCUT2D eigenvalue weighted by molar-refractivity contribution is 5.80. The van der Waals surface area contributed by atoms with Crippen molar-refractivity contribution >= 4 is 5.88 Å². The van der Waals surface area contributed by atoms with Gasteiger partial charge in [-0.25, -0.2) is 4.39 Å². The Balaban J connectivity index is 2.57. The van der Waals surface area contributed by atoms with Crippen molar-refractivity contribution in [3.8, 4) is 16.9 Å². The molecular formula is C12H9F4NO2. The van der Waals surface area contributed by atoms with Crippen LogP contribution in [0.4, 0.5) is 23.4 Å². The van der Waals surface area contributed by atoms with E-state index in [4.69, 9.17) is 10.2 Å². The number of halogens is 4. The highest BCUT2D eigenvalue weighted by Gasteiger charge is 2.31. The molecule has 0 bridgehead atoms. The van der Waals surface area contributed by atoms with E-state index in [1.807, 2.05) is 0 Å². The average Bonchev–Trinajstić information content (AvgIpc) is 2.63. The van der Waals surface area contributed by atoms with Gasteiger partial charge in [0.15, 0.2) is 18.2 Å². The monoisotopic (exact) mass is 275 g/mol. The molecule has 0 unspecified atom stereocenters. The molecule has 0 saturated heterocycles. The summed E-state index contributed by atoms with van der Waals surface area (Å²) in [6.45, 7) is -1.10. The summed E-state index contributed by atoms with van der Waals surface area (Å²) in [5.41, 5.74) is 4.41. The Morgan fingerprint density at radius 1 is 1.26 bits per heavy atom. The smallest absolute Gasteiger partial charge is 0.416 e.